The van der Waals surface area contributed by atoms with E-state index in [1.165, 1.54) is 6.07 Å². The molecule has 1 aliphatic carbocycles. The van der Waals surface area contributed by atoms with Crippen molar-refractivity contribution in [3.63, 3.8) is 0 Å². The summed E-state index contributed by atoms with van der Waals surface area (Å²) in [5.41, 5.74) is -0.312. The van der Waals surface area contributed by atoms with Crippen molar-refractivity contribution in [3.8, 4) is 5.75 Å². The highest BCUT2D eigenvalue weighted by Crippen LogP contribution is 2.41. The van der Waals surface area contributed by atoms with Gasteiger partial charge in [-0.3, -0.25) is 4.79 Å². The molecule has 19 heavy (non-hydrogen) atoms. The molecule has 1 aromatic rings. The largest absolute Gasteiger partial charge is 0.481 e. The first-order valence-corrected chi connectivity index (χ1v) is 5.95. The topological polar surface area (TPSA) is 103 Å². The molecule has 0 atom stereocenters. The fourth-order valence-electron chi connectivity index (χ4n) is 2.14. The lowest BCUT2D eigenvalue weighted by Gasteiger charge is -2.40. The second kappa shape index (κ2) is 4.83. The molecule has 1 fully saturated rings. The Labute approximate surface area is 109 Å². The summed E-state index contributed by atoms with van der Waals surface area (Å²) >= 11 is 0. The van der Waals surface area contributed by atoms with Gasteiger partial charge in [-0.25, -0.2) is 0 Å². The number of aromatic nitrogens is 1. The van der Waals surface area contributed by atoms with Crippen LogP contribution in [0.2, 0.25) is 0 Å². The highest BCUT2D eigenvalue weighted by molar-refractivity contribution is 5.68. The van der Waals surface area contributed by atoms with Gasteiger partial charge in [0.25, 0.3) is 0 Å². The number of ether oxygens (including phenoxy) is 1. The number of carboxylic acids is 1. The van der Waals surface area contributed by atoms with E-state index >= 15 is 0 Å². The summed E-state index contributed by atoms with van der Waals surface area (Å²) in [7, 11) is 0. The smallest absolute Gasteiger partial charge is 0.406 e. The van der Waals surface area contributed by atoms with Crippen molar-refractivity contribution < 1.29 is 19.6 Å². The number of hydrogen-bond acceptors (Lipinski definition) is 5. The molecule has 1 N–H and O–H groups in total. The molecule has 102 valence electrons. The van der Waals surface area contributed by atoms with Crippen LogP contribution < -0.4 is 4.74 Å². The summed E-state index contributed by atoms with van der Waals surface area (Å²) in [5, 5.41) is 19.8. The van der Waals surface area contributed by atoms with Crippen LogP contribution in [-0.4, -0.2) is 26.6 Å². The van der Waals surface area contributed by atoms with E-state index in [-0.39, 0.29) is 18.0 Å². The molecular weight excluding hydrogens is 252 g/mol. The molecule has 0 saturated heterocycles. The summed E-state index contributed by atoms with van der Waals surface area (Å²) in [4.78, 5) is 25.0. The Morgan fingerprint density at radius 2 is 2.26 bits per heavy atom. The lowest BCUT2D eigenvalue weighted by Crippen LogP contribution is -2.45. The molecule has 0 aliphatic heterocycles. The van der Waals surface area contributed by atoms with Crippen LogP contribution in [0.3, 0.4) is 0 Å². The second-order valence-corrected chi connectivity index (χ2v) is 4.74. The third-order valence-corrected chi connectivity index (χ3v) is 3.22. The van der Waals surface area contributed by atoms with Gasteiger partial charge in [0.1, 0.15) is 11.3 Å². The summed E-state index contributed by atoms with van der Waals surface area (Å²) < 4.78 is 5.61. The predicted octanol–water partition coefficient (Wildman–Crippen LogP) is 2.07. The average molecular weight is 266 g/mol. The van der Waals surface area contributed by atoms with Crippen LogP contribution in [0.25, 0.3) is 0 Å². The Morgan fingerprint density at radius 1 is 1.58 bits per heavy atom. The minimum Gasteiger partial charge on any atom is -0.481 e. The zero-order valence-corrected chi connectivity index (χ0v) is 10.5. The van der Waals surface area contributed by atoms with E-state index in [2.05, 4.69) is 4.98 Å². The van der Waals surface area contributed by atoms with E-state index < -0.39 is 16.5 Å². The van der Waals surface area contributed by atoms with Gasteiger partial charge < -0.3 is 20.0 Å². The SMILES string of the molecule is Cc1ccc(OC2(CC(=O)O)CCC2)c([N+](=O)[O-])n1. The maximum Gasteiger partial charge on any atom is 0.406 e. The third-order valence-electron chi connectivity index (χ3n) is 3.22. The molecule has 0 aromatic carbocycles. The molecule has 1 aromatic heterocycles. The molecule has 7 heteroatoms. The van der Waals surface area contributed by atoms with Gasteiger partial charge in [-0.15, -0.1) is 0 Å². The highest BCUT2D eigenvalue weighted by Gasteiger charge is 2.43. The highest BCUT2D eigenvalue weighted by atomic mass is 16.6. The van der Waals surface area contributed by atoms with Gasteiger partial charge in [0.05, 0.1) is 6.42 Å². The molecule has 2 rings (SSSR count). The maximum absolute atomic E-state index is 10.9. The standard InChI is InChI=1S/C12H14N2O5/c1-8-3-4-9(11(13-8)14(17)18)19-12(5-2-6-12)7-10(15)16/h3-4H,2,5-7H2,1H3,(H,15,16). The van der Waals surface area contributed by atoms with Gasteiger partial charge >= 0.3 is 11.8 Å². The fraction of sp³-hybridized carbons (Fsp3) is 0.500. The number of rotatable bonds is 5. The average Bonchev–Trinajstić information content (AvgIpc) is 2.27. The maximum atomic E-state index is 10.9. The van der Waals surface area contributed by atoms with Crippen molar-refractivity contribution in [2.75, 3.05) is 0 Å². The van der Waals surface area contributed by atoms with Gasteiger partial charge in [0, 0.05) is 6.92 Å². The van der Waals surface area contributed by atoms with Gasteiger partial charge in [-0.05, 0) is 41.3 Å². The third kappa shape index (κ3) is 2.81. The van der Waals surface area contributed by atoms with Crippen molar-refractivity contribution in [1.82, 2.24) is 4.98 Å². The normalized spacial score (nSPS) is 16.5. The number of carbonyl (C=O) groups is 1. The zero-order valence-electron chi connectivity index (χ0n) is 10.5. The van der Waals surface area contributed by atoms with Crippen LogP contribution in [0.15, 0.2) is 12.1 Å². The molecule has 0 unspecified atom stereocenters. The Hall–Kier alpha value is -2.18. The van der Waals surface area contributed by atoms with Gasteiger partial charge in [0.15, 0.2) is 0 Å². The lowest BCUT2D eigenvalue weighted by atomic mass is 9.77. The van der Waals surface area contributed by atoms with Crippen molar-refractivity contribution in [1.29, 1.82) is 0 Å². The van der Waals surface area contributed by atoms with Crippen LogP contribution in [0, 0.1) is 17.0 Å². The van der Waals surface area contributed by atoms with Crippen molar-refractivity contribution in [2.45, 2.75) is 38.2 Å². The number of nitro groups is 1. The molecule has 7 nitrogen and oxygen atoms in total. The number of aryl methyl sites for hydroxylation is 1. The summed E-state index contributed by atoms with van der Waals surface area (Å²) in [6.45, 7) is 1.65. The van der Waals surface area contributed by atoms with E-state index in [9.17, 15) is 14.9 Å². The molecule has 1 heterocycles. The monoisotopic (exact) mass is 266 g/mol. The van der Waals surface area contributed by atoms with Crippen LogP contribution in [0.5, 0.6) is 5.75 Å². The molecular formula is C12H14N2O5. The molecule has 1 saturated carbocycles. The minimum absolute atomic E-state index is 0.0385. The quantitative estimate of drug-likeness (QED) is 0.646. The zero-order chi connectivity index (χ0) is 14.0. The summed E-state index contributed by atoms with van der Waals surface area (Å²) in [5.74, 6) is -1.30. The minimum atomic E-state index is -0.970. The van der Waals surface area contributed by atoms with Gasteiger partial charge in [-0.1, -0.05) is 0 Å². The van der Waals surface area contributed by atoms with Crippen molar-refractivity contribution in [3.05, 3.63) is 27.9 Å². The Bertz CT molecular complexity index is 525. The summed E-state index contributed by atoms with van der Waals surface area (Å²) in [6.07, 6.45) is 1.88. The van der Waals surface area contributed by atoms with E-state index in [0.717, 1.165) is 6.42 Å². The number of hydrogen-bond donors (Lipinski definition) is 1. The first kappa shape index (κ1) is 13.3. The fourth-order valence-corrected chi connectivity index (χ4v) is 2.14. The molecule has 1 aliphatic rings. The summed E-state index contributed by atoms with van der Waals surface area (Å²) in [6, 6.07) is 3.08. The van der Waals surface area contributed by atoms with Crippen LogP contribution in [0.1, 0.15) is 31.4 Å². The molecule has 0 spiro atoms. The second-order valence-electron chi connectivity index (χ2n) is 4.74. The first-order valence-electron chi connectivity index (χ1n) is 5.95. The first-order chi connectivity index (χ1) is 8.92. The lowest BCUT2D eigenvalue weighted by molar-refractivity contribution is -0.391. The van der Waals surface area contributed by atoms with E-state index in [1.807, 2.05) is 0 Å². The van der Waals surface area contributed by atoms with Gasteiger partial charge in [0.2, 0.25) is 5.75 Å². The van der Waals surface area contributed by atoms with Crippen molar-refractivity contribution in [2.24, 2.45) is 0 Å². The van der Waals surface area contributed by atoms with Crippen LogP contribution >= 0.6 is 0 Å². The molecule has 0 amide bonds. The Balaban J connectivity index is 2.27. The van der Waals surface area contributed by atoms with Crippen LogP contribution in [0.4, 0.5) is 5.82 Å². The van der Waals surface area contributed by atoms with E-state index in [0.29, 0.717) is 18.5 Å². The Kier molecular flexibility index (Phi) is 3.37. The number of pyridine rings is 1. The van der Waals surface area contributed by atoms with Crippen LogP contribution in [-0.2, 0) is 4.79 Å². The molecule has 0 bridgehead atoms. The predicted molar refractivity (Wildman–Crippen MR) is 65.1 cm³/mol. The number of nitrogens with zero attached hydrogens (tertiary/aromatic N) is 2. The van der Waals surface area contributed by atoms with Gasteiger partial charge in [-0.2, -0.15) is 0 Å². The number of aliphatic carboxylic acids is 1. The number of carboxylic acid groups (broad SMARTS) is 1. The van der Waals surface area contributed by atoms with Crippen molar-refractivity contribution >= 4 is 11.8 Å². The molecule has 0 radical (unpaired) electrons. The van der Waals surface area contributed by atoms with E-state index in [4.69, 9.17) is 9.84 Å². The van der Waals surface area contributed by atoms with E-state index in [1.54, 1.807) is 13.0 Å². The Morgan fingerprint density at radius 3 is 2.74 bits per heavy atom.